The monoisotopic (exact) mass is 560 g/mol. The van der Waals surface area contributed by atoms with Gasteiger partial charge < -0.3 is 40.5 Å². The van der Waals surface area contributed by atoms with Crippen LogP contribution in [0.4, 0.5) is 10.6 Å². The standard InChI is InChI=1S/C25H36N8O7/c1-3-27-23(37)20-18(35)19(36)24(40-20)33-12-28-17-21(26)29-14(30-22(17)33)5-4-13-8-10-32(11-9-13)25(38)39-16-7-6-15(34)31(16)2/h12-13,16,18-20,24,35-36H,3-11H2,1-2H3,(H,27,37)(H2,26,29,30)/t16?,18?,19?,20-,24+/m0/s1. The molecule has 5 heterocycles. The minimum atomic E-state index is -1.42. The van der Waals surface area contributed by atoms with Crippen molar-refractivity contribution in [2.75, 3.05) is 32.4 Å². The van der Waals surface area contributed by atoms with Crippen molar-refractivity contribution in [3.05, 3.63) is 12.2 Å². The summed E-state index contributed by atoms with van der Waals surface area (Å²) < 4.78 is 12.7. The molecule has 0 saturated carbocycles. The fraction of sp³-hybridized carbons (Fsp3) is 0.680. The molecule has 5 atom stereocenters. The Bertz CT molecular complexity index is 1260. The maximum Gasteiger partial charge on any atom is 0.411 e. The van der Waals surface area contributed by atoms with E-state index < -0.39 is 42.8 Å². The summed E-state index contributed by atoms with van der Waals surface area (Å²) in [7, 11) is 1.65. The molecule has 2 aromatic rings. The maximum atomic E-state index is 12.6. The third-order valence-corrected chi connectivity index (χ3v) is 7.93. The zero-order chi connectivity index (χ0) is 28.6. The number of nitrogens with zero attached hydrogens (tertiary/aromatic N) is 6. The Kier molecular flexibility index (Phi) is 8.05. The second-order valence-electron chi connectivity index (χ2n) is 10.5. The summed E-state index contributed by atoms with van der Waals surface area (Å²) in [6, 6.07) is 0. The summed E-state index contributed by atoms with van der Waals surface area (Å²) in [4.78, 5) is 52.9. The van der Waals surface area contributed by atoms with Gasteiger partial charge in [0.25, 0.3) is 5.91 Å². The lowest BCUT2D eigenvalue weighted by molar-refractivity contribution is -0.137. The number of hydrogen-bond donors (Lipinski definition) is 4. The number of aliphatic hydroxyl groups excluding tert-OH is 2. The van der Waals surface area contributed by atoms with Crippen molar-refractivity contribution in [3.63, 3.8) is 0 Å². The van der Waals surface area contributed by atoms with Crippen LogP contribution in [0.5, 0.6) is 0 Å². The van der Waals surface area contributed by atoms with Gasteiger partial charge in [0.15, 0.2) is 30.0 Å². The molecule has 0 bridgehead atoms. The number of aromatic nitrogens is 4. The number of fused-ring (bicyclic) bond motifs is 1. The van der Waals surface area contributed by atoms with E-state index >= 15 is 0 Å². The molecular weight excluding hydrogens is 524 g/mol. The molecular formula is C25H36N8O7. The van der Waals surface area contributed by atoms with E-state index in [2.05, 4.69) is 20.3 Å². The molecule has 218 valence electrons. The number of nitrogen functional groups attached to an aromatic ring is 1. The van der Waals surface area contributed by atoms with Crippen LogP contribution >= 0.6 is 0 Å². The van der Waals surface area contributed by atoms with Gasteiger partial charge in [-0.3, -0.25) is 14.2 Å². The Morgan fingerprint density at radius 2 is 1.95 bits per heavy atom. The van der Waals surface area contributed by atoms with Gasteiger partial charge in [-0.15, -0.1) is 0 Å². The Labute approximate surface area is 230 Å². The van der Waals surface area contributed by atoms with Crippen molar-refractivity contribution in [1.29, 1.82) is 0 Å². The number of imidazole rings is 1. The molecule has 2 aromatic heterocycles. The highest BCUT2D eigenvalue weighted by atomic mass is 16.6. The maximum absolute atomic E-state index is 12.6. The molecule has 5 rings (SSSR count). The molecule has 3 aliphatic heterocycles. The number of aliphatic hydroxyl groups is 2. The van der Waals surface area contributed by atoms with Crippen LogP contribution < -0.4 is 11.1 Å². The molecule has 3 fully saturated rings. The van der Waals surface area contributed by atoms with Crippen LogP contribution in [0.2, 0.25) is 0 Å². The van der Waals surface area contributed by atoms with E-state index in [0.29, 0.717) is 61.8 Å². The van der Waals surface area contributed by atoms with E-state index in [0.717, 1.165) is 19.3 Å². The molecule has 40 heavy (non-hydrogen) atoms. The van der Waals surface area contributed by atoms with Gasteiger partial charge in [-0.05, 0) is 32.1 Å². The fourth-order valence-corrected chi connectivity index (χ4v) is 5.51. The Hall–Kier alpha value is -3.56. The Balaban J connectivity index is 1.19. The largest absolute Gasteiger partial charge is 0.425 e. The number of likely N-dealkylation sites (tertiary alicyclic amines) is 2. The summed E-state index contributed by atoms with van der Waals surface area (Å²) in [5, 5.41) is 23.6. The summed E-state index contributed by atoms with van der Waals surface area (Å²) >= 11 is 0. The average Bonchev–Trinajstić information content (AvgIpc) is 3.60. The number of carbonyl (C=O) groups excluding carboxylic acids is 3. The van der Waals surface area contributed by atoms with Crippen LogP contribution in [0.25, 0.3) is 11.2 Å². The van der Waals surface area contributed by atoms with E-state index in [4.69, 9.17) is 15.2 Å². The van der Waals surface area contributed by atoms with Crippen molar-refractivity contribution in [3.8, 4) is 0 Å². The van der Waals surface area contributed by atoms with E-state index in [1.165, 1.54) is 15.8 Å². The SMILES string of the molecule is CCNC(=O)[C@H]1O[C@@H](n2cnc3c(N)nc(CCC4CCN(C(=O)OC5CCC(=O)N5C)CC4)nc32)C(O)C1O. The average molecular weight is 561 g/mol. The number of likely N-dealkylation sites (N-methyl/N-ethyl adjacent to an activating group) is 1. The van der Waals surface area contributed by atoms with E-state index in [1.54, 1.807) is 18.9 Å². The number of piperidine rings is 1. The molecule has 0 spiro atoms. The highest BCUT2D eigenvalue weighted by Gasteiger charge is 2.47. The minimum Gasteiger partial charge on any atom is -0.425 e. The molecule has 15 nitrogen and oxygen atoms in total. The summed E-state index contributed by atoms with van der Waals surface area (Å²) in [6.45, 7) is 3.23. The fourth-order valence-electron chi connectivity index (χ4n) is 5.51. The molecule has 3 aliphatic rings. The molecule has 3 unspecified atom stereocenters. The van der Waals surface area contributed by atoms with Crippen LogP contribution in [-0.2, 0) is 25.5 Å². The number of ether oxygens (including phenoxy) is 2. The molecule has 3 amide bonds. The van der Waals surface area contributed by atoms with Gasteiger partial charge in [-0.2, -0.15) is 0 Å². The van der Waals surface area contributed by atoms with Gasteiger partial charge >= 0.3 is 6.09 Å². The molecule has 0 aromatic carbocycles. The van der Waals surface area contributed by atoms with E-state index in [-0.39, 0.29) is 11.7 Å². The molecule has 15 heteroatoms. The van der Waals surface area contributed by atoms with Crippen molar-refractivity contribution in [2.24, 2.45) is 5.92 Å². The normalized spacial score (nSPS) is 27.5. The first-order valence-corrected chi connectivity index (χ1v) is 13.7. The minimum absolute atomic E-state index is 0.0197. The highest BCUT2D eigenvalue weighted by Crippen LogP contribution is 2.32. The van der Waals surface area contributed by atoms with Crippen LogP contribution in [0.3, 0.4) is 0 Å². The second kappa shape index (κ2) is 11.5. The van der Waals surface area contributed by atoms with Gasteiger partial charge in [-0.25, -0.2) is 19.7 Å². The van der Waals surface area contributed by atoms with E-state index in [1.807, 2.05) is 0 Å². The lowest BCUT2D eigenvalue weighted by Crippen LogP contribution is -2.42. The van der Waals surface area contributed by atoms with Gasteiger partial charge in [0.2, 0.25) is 5.91 Å². The summed E-state index contributed by atoms with van der Waals surface area (Å²) in [6.07, 6.45) is -0.790. The first-order chi connectivity index (χ1) is 19.2. The Morgan fingerprint density at radius 1 is 1.20 bits per heavy atom. The molecule has 3 saturated heterocycles. The van der Waals surface area contributed by atoms with Crippen molar-refractivity contribution < 1.29 is 34.1 Å². The Morgan fingerprint density at radius 3 is 2.62 bits per heavy atom. The lowest BCUT2D eigenvalue weighted by Gasteiger charge is -2.32. The third kappa shape index (κ3) is 5.40. The zero-order valence-electron chi connectivity index (χ0n) is 22.6. The van der Waals surface area contributed by atoms with Crippen LogP contribution in [0.15, 0.2) is 6.33 Å². The number of amides is 3. The number of aryl methyl sites for hydroxylation is 1. The van der Waals surface area contributed by atoms with Crippen molar-refractivity contribution >= 4 is 34.9 Å². The van der Waals surface area contributed by atoms with E-state index in [9.17, 15) is 24.6 Å². The van der Waals surface area contributed by atoms with Gasteiger partial charge in [0, 0.05) is 45.9 Å². The number of nitrogens with one attached hydrogen (secondary N) is 1. The van der Waals surface area contributed by atoms with Crippen LogP contribution in [0.1, 0.15) is 51.1 Å². The number of rotatable bonds is 7. The summed E-state index contributed by atoms with van der Waals surface area (Å²) in [5.74, 6) is 0.485. The quantitative estimate of drug-likeness (QED) is 0.341. The van der Waals surface area contributed by atoms with Crippen molar-refractivity contribution in [2.45, 2.75) is 76.2 Å². The lowest BCUT2D eigenvalue weighted by atomic mass is 9.92. The highest BCUT2D eigenvalue weighted by molar-refractivity contribution is 5.83. The third-order valence-electron chi connectivity index (χ3n) is 7.93. The van der Waals surface area contributed by atoms with Crippen LogP contribution in [-0.4, -0.2) is 109 Å². The van der Waals surface area contributed by atoms with Gasteiger partial charge in [0.05, 0.1) is 6.33 Å². The van der Waals surface area contributed by atoms with Crippen molar-refractivity contribution in [1.82, 2.24) is 34.6 Å². The van der Waals surface area contributed by atoms with Gasteiger partial charge in [-0.1, -0.05) is 0 Å². The topological polar surface area (TPSA) is 198 Å². The first kappa shape index (κ1) is 28.0. The van der Waals surface area contributed by atoms with Crippen LogP contribution in [0, 0.1) is 5.92 Å². The zero-order valence-corrected chi connectivity index (χ0v) is 22.6. The first-order valence-electron chi connectivity index (χ1n) is 13.7. The smallest absolute Gasteiger partial charge is 0.411 e. The molecule has 5 N–H and O–H groups in total. The predicted octanol–water partition coefficient (Wildman–Crippen LogP) is -0.477. The predicted molar refractivity (Wildman–Crippen MR) is 139 cm³/mol. The number of carbonyl (C=O) groups is 3. The second-order valence-corrected chi connectivity index (χ2v) is 10.5. The summed E-state index contributed by atoms with van der Waals surface area (Å²) in [5.41, 5.74) is 6.83. The van der Waals surface area contributed by atoms with Gasteiger partial charge in [0.1, 0.15) is 23.5 Å². The molecule has 0 radical (unpaired) electrons. The number of anilines is 1. The number of nitrogens with two attached hydrogens (primary N) is 1. The molecule has 0 aliphatic carbocycles. The number of hydrogen-bond acceptors (Lipinski definition) is 11.